The Kier molecular flexibility index (Phi) is 7.40. The Hall–Kier alpha value is -3.09. The molecule has 0 radical (unpaired) electrons. The molecule has 5 rings (SSSR count). The molecule has 1 aromatic carbocycles. The molecule has 1 aliphatic carbocycles. The van der Waals surface area contributed by atoms with Gasteiger partial charge in [-0.15, -0.1) is 0 Å². The van der Waals surface area contributed by atoms with Gasteiger partial charge < -0.3 is 9.80 Å². The van der Waals surface area contributed by atoms with Crippen molar-refractivity contribution in [3.05, 3.63) is 62.3 Å². The van der Waals surface area contributed by atoms with Gasteiger partial charge in [0, 0.05) is 50.5 Å². The fourth-order valence-corrected chi connectivity index (χ4v) is 7.06. The molecule has 3 aliphatic rings. The number of aromatic nitrogens is 1. The zero-order chi connectivity index (χ0) is 26.1. The molecule has 0 spiro atoms. The van der Waals surface area contributed by atoms with Crippen LogP contribution in [0.2, 0.25) is 0 Å². The van der Waals surface area contributed by atoms with Crippen molar-refractivity contribution >= 4 is 51.8 Å². The second-order valence-corrected chi connectivity index (χ2v) is 11.5. The van der Waals surface area contributed by atoms with Crippen molar-refractivity contribution in [2.75, 3.05) is 36.0 Å². The lowest BCUT2D eigenvalue weighted by Crippen LogP contribution is -2.48. The number of thiocarbonyl (C=S) groups is 1. The largest absolute Gasteiger partial charge is 0.368 e. The molecule has 0 bridgehead atoms. The second kappa shape index (κ2) is 10.7. The summed E-state index contributed by atoms with van der Waals surface area (Å²) < 4.78 is 2.17. The van der Waals surface area contributed by atoms with Crippen LogP contribution in [-0.2, 0) is 11.8 Å². The van der Waals surface area contributed by atoms with Crippen LogP contribution >= 0.6 is 24.0 Å². The van der Waals surface area contributed by atoms with Crippen molar-refractivity contribution in [3.63, 3.8) is 0 Å². The average Bonchev–Trinajstić information content (AvgIpc) is 3.21. The van der Waals surface area contributed by atoms with Crippen molar-refractivity contribution in [2.24, 2.45) is 7.05 Å². The van der Waals surface area contributed by atoms with Crippen LogP contribution in [0.4, 0.5) is 11.5 Å². The maximum absolute atomic E-state index is 13.5. The smallest absolute Gasteiger partial charge is 0.270 e. The van der Waals surface area contributed by atoms with E-state index < -0.39 is 0 Å². The first kappa shape index (κ1) is 25.6. The van der Waals surface area contributed by atoms with Gasteiger partial charge in [-0.05, 0) is 43.5 Å². The SMILES string of the molecule is Cc1c(C=C2SC(=S)N(C3CCCCC3)C2=O)c(N2CCN(c3ccccc3)CC2)n(C)c(=O)c1C#N. The van der Waals surface area contributed by atoms with Crippen LogP contribution in [0.3, 0.4) is 0 Å². The number of nitriles is 1. The molecule has 0 atom stereocenters. The number of hydrogen-bond donors (Lipinski definition) is 0. The van der Waals surface area contributed by atoms with Gasteiger partial charge in [0.2, 0.25) is 0 Å². The zero-order valence-electron chi connectivity index (χ0n) is 21.3. The normalized spacial score (nSPS) is 20.1. The molecule has 0 N–H and O–H groups in total. The molecule has 3 heterocycles. The number of piperazine rings is 1. The van der Waals surface area contributed by atoms with Gasteiger partial charge in [0.25, 0.3) is 11.5 Å². The highest BCUT2D eigenvalue weighted by Crippen LogP contribution is 2.39. The highest BCUT2D eigenvalue weighted by molar-refractivity contribution is 8.26. The van der Waals surface area contributed by atoms with E-state index in [9.17, 15) is 14.9 Å². The molecule has 1 saturated carbocycles. The quantitative estimate of drug-likeness (QED) is 0.425. The van der Waals surface area contributed by atoms with Crippen LogP contribution in [0.15, 0.2) is 40.0 Å². The lowest BCUT2D eigenvalue weighted by atomic mass is 9.94. The summed E-state index contributed by atoms with van der Waals surface area (Å²) in [5, 5.41) is 9.77. The molecule has 2 aliphatic heterocycles. The van der Waals surface area contributed by atoms with Crippen LogP contribution < -0.4 is 15.4 Å². The number of thioether (sulfide) groups is 1. The summed E-state index contributed by atoms with van der Waals surface area (Å²) in [5.41, 5.74) is 2.33. The maximum Gasteiger partial charge on any atom is 0.270 e. The van der Waals surface area contributed by atoms with E-state index in [1.807, 2.05) is 24.3 Å². The highest BCUT2D eigenvalue weighted by atomic mass is 32.2. The van der Waals surface area contributed by atoms with Crippen LogP contribution in [0, 0.1) is 18.3 Å². The van der Waals surface area contributed by atoms with Gasteiger partial charge in [0.15, 0.2) is 0 Å². The minimum atomic E-state index is -0.313. The van der Waals surface area contributed by atoms with Crippen LogP contribution in [0.1, 0.15) is 48.8 Å². The number of rotatable bonds is 4. The Morgan fingerprint density at radius 2 is 1.68 bits per heavy atom. The van der Waals surface area contributed by atoms with E-state index in [0.29, 0.717) is 14.8 Å². The summed E-state index contributed by atoms with van der Waals surface area (Å²) in [6.45, 7) is 4.85. The first-order chi connectivity index (χ1) is 17.9. The Morgan fingerprint density at radius 1 is 1.03 bits per heavy atom. The third-order valence-electron chi connectivity index (χ3n) is 7.71. The number of amides is 1. The molecule has 9 heteroatoms. The van der Waals surface area contributed by atoms with Crippen molar-refractivity contribution < 1.29 is 4.79 Å². The van der Waals surface area contributed by atoms with Crippen molar-refractivity contribution in [3.8, 4) is 6.07 Å². The molecule has 2 saturated heterocycles. The second-order valence-electron chi connectivity index (χ2n) is 9.87. The number of anilines is 2. The number of carbonyl (C=O) groups is 1. The van der Waals surface area contributed by atoms with Crippen LogP contribution in [0.25, 0.3) is 6.08 Å². The summed E-state index contributed by atoms with van der Waals surface area (Å²) in [7, 11) is 1.71. The van der Waals surface area contributed by atoms with Gasteiger partial charge in [0.1, 0.15) is 21.8 Å². The van der Waals surface area contributed by atoms with E-state index in [-0.39, 0.29) is 23.1 Å². The van der Waals surface area contributed by atoms with E-state index in [4.69, 9.17) is 12.2 Å². The number of benzene rings is 1. The molecule has 2 aromatic rings. The molecule has 37 heavy (non-hydrogen) atoms. The molecule has 0 unspecified atom stereocenters. The predicted molar refractivity (Wildman–Crippen MR) is 154 cm³/mol. The topological polar surface area (TPSA) is 72.6 Å². The molecule has 7 nitrogen and oxygen atoms in total. The third kappa shape index (κ3) is 4.80. The summed E-state index contributed by atoms with van der Waals surface area (Å²) in [4.78, 5) is 33.5. The molecule has 1 aromatic heterocycles. The van der Waals surface area contributed by atoms with Gasteiger partial charge in [-0.1, -0.05) is 61.4 Å². The number of pyridine rings is 1. The fraction of sp³-hybridized carbons (Fsp3) is 0.429. The monoisotopic (exact) mass is 533 g/mol. The average molecular weight is 534 g/mol. The summed E-state index contributed by atoms with van der Waals surface area (Å²) in [6, 6.07) is 12.6. The van der Waals surface area contributed by atoms with E-state index in [2.05, 4.69) is 28.0 Å². The Labute approximate surface area is 227 Å². The van der Waals surface area contributed by atoms with E-state index in [1.54, 1.807) is 23.4 Å². The van der Waals surface area contributed by atoms with Gasteiger partial charge in [0.05, 0.1) is 4.91 Å². The summed E-state index contributed by atoms with van der Waals surface area (Å²) in [6.07, 6.45) is 7.26. The van der Waals surface area contributed by atoms with Gasteiger partial charge in [-0.25, -0.2) is 0 Å². The standard InChI is InChI=1S/C28H31N5O2S2/c1-19-22(17-24-27(35)33(28(36)37-24)21-11-7-4-8-12-21)25(30(2)26(34)23(19)18-29)32-15-13-31(14-16-32)20-9-5-3-6-10-20/h3,5-6,9-10,17,21H,4,7-8,11-16H2,1-2H3. The minimum absolute atomic E-state index is 0.0616. The number of hydrogen-bond acceptors (Lipinski definition) is 7. The molecule has 192 valence electrons. The lowest BCUT2D eigenvalue weighted by Gasteiger charge is -2.38. The Bertz CT molecular complexity index is 1350. The van der Waals surface area contributed by atoms with Crippen molar-refractivity contribution in [1.29, 1.82) is 5.26 Å². The summed E-state index contributed by atoms with van der Waals surface area (Å²) >= 11 is 6.97. The molecular formula is C28H31N5O2S2. The van der Waals surface area contributed by atoms with Gasteiger partial charge in [-0.2, -0.15) is 5.26 Å². The Balaban J connectivity index is 1.50. The van der Waals surface area contributed by atoms with Gasteiger partial charge in [-0.3, -0.25) is 19.1 Å². The fourth-order valence-electron chi connectivity index (χ4n) is 5.67. The predicted octanol–water partition coefficient (Wildman–Crippen LogP) is 4.43. The van der Waals surface area contributed by atoms with Crippen LogP contribution in [-0.4, -0.2) is 51.9 Å². The first-order valence-electron chi connectivity index (χ1n) is 12.9. The van der Waals surface area contributed by atoms with E-state index in [1.165, 1.54) is 23.9 Å². The highest BCUT2D eigenvalue weighted by Gasteiger charge is 2.38. The minimum Gasteiger partial charge on any atom is -0.368 e. The van der Waals surface area contributed by atoms with Gasteiger partial charge >= 0.3 is 0 Å². The maximum atomic E-state index is 13.5. The van der Waals surface area contributed by atoms with Crippen LogP contribution in [0.5, 0.6) is 0 Å². The van der Waals surface area contributed by atoms with Crippen molar-refractivity contribution in [1.82, 2.24) is 9.47 Å². The number of carbonyl (C=O) groups excluding carboxylic acids is 1. The van der Waals surface area contributed by atoms with E-state index >= 15 is 0 Å². The zero-order valence-corrected chi connectivity index (χ0v) is 22.9. The number of para-hydroxylation sites is 1. The first-order valence-corrected chi connectivity index (χ1v) is 14.1. The lowest BCUT2D eigenvalue weighted by molar-refractivity contribution is -0.124. The Morgan fingerprint density at radius 3 is 2.32 bits per heavy atom. The molecular weight excluding hydrogens is 502 g/mol. The van der Waals surface area contributed by atoms with E-state index in [0.717, 1.165) is 63.2 Å². The number of nitrogens with zero attached hydrogens (tertiary/aromatic N) is 5. The third-order valence-corrected chi connectivity index (χ3v) is 9.04. The summed E-state index contributed by atoms with van der Waals surface area (Å²) in [5.74, 6) is 0.686. The molecule has 3 fully saturated rings. The molecule has 1 amide bonds. The van der Waals surface area contributed by atoms with Crippen molar-refractivity contribution in [2.45, 2.75) is 45.1 Å².